The van der Waals surface area contributed by atoms with Crippen molar-refractivity contribution in [1.82, 2.24) is 9.88 Å². The van der Waals surface area contributed by atoms with E-state index in [1.165, 1.54) is 0 Å². The summed E-state index contributed by atoms with van der Waals surface area (Å²) in [5.74, 6) is 2.33. The lowest BCUT2D eigenvalue weighted by Gasteiger charge is -2.30. The monoisotopic (exact) mass is 356 g/mol. The van der Waals surface area contributed by atoms with Gasteiger partial charge in [-0.1, -0.05) is 25.1 Å². The van der Waals surface area contributed by atoms with E-state index in [1.807, 2.05) is 47.4 Å². The normalized spacial score (nSPS) is 15.2. The minimum absolute atomic E-state index is 0.0519. The number of carbonyl (C=O) groups excluding carboxylic acids is 1. The second-order valence-corrected chi connectivity index (χ2v) is 7.45. The smallest absolute Gasteiger partial charge is 0.272 e. The second kappa shape index (κ2) is 8.39. The van der Waals surface area contributed by atoms with Crippen molar-refractivity contribution in [2.24, 2.45) is 5.92 Å². The Morgan fingerprint density at radius 3 is 2.72 bits per heavy atom. The number of hydrogen-bond acceptors (Lipinski definition) is 4. The maximum absolute atomic E-state index is 12.7. The molecular formula is C20H24N2O2S. The molecule has 5 heteroatoms. The molecule has 0 N–H and O–H groups in total. The number of pyridine rings is 1. The summed E-state index contributed by atoms with van der Waals surface area (Å²) in [6, 6.07) is 13.6. The molecule has 0 atom stereocenters. The number of para-hydroxylation sites is 1. The molecule has 2 aromatic rings. The van der Waals surface area contributed by atoms with Crippen molar-refractivity contribution in [3.8, 4) is 5.75 Å². The van der Waals surface area contributed by atoms with Gasteiger partial charge in [0, 0.05) is 23.7 Å². The van der Waals surface area contributed by atoms with Crippen LogP contribution in [0.5, 0.6) is 5.75 Å². The van der Waals surface area contributed by atoms with E-state index < -0.39 is 0 Å². The summed E-state index contributed by atoms with van der Waals surface area (Å²) in [7, 11) is 1.68. The Labute approximate surface area is 153 Å². The number of hydrogen-bond donors (Lipinski definition) is 0. The number of benzene rings is 1. The number of methoxy groups -OCH3 is 1. The van der Waals surface area contributed by atoms with E-state index in [9.17, 15) is 4.79 Å². The minimum Gasteiger partial charge on any atom is -0.496 e. The van der Waals surface area contributed by atoms with Crippen molar-refractivity contribution in [1.29, 1.82) is 0 Å². The molecule has 2 heterocycles. The highest BCUT2D eigenvalue weighted by atomic mass is 32.2. The van der Waals surface area contributed by atoms with Crippen LogP contribution in [0.3, 0.4) is 0 Å². The Bertz CT molecular complexity index is 727. The van der Waals surface area contributed by atoms with Gasteiger partial charge in [0.05, 0.1) is 12.8 Å². The molecule has 1 aliphatic heterocycles. The maximum atomic E-state index is 12.7. The number of rotatable bonds is 5. The molecule has 4 nitrogen and oxygen atoms in total. The van der Waals surface area contributed by atoms with Gasteiger partial charge in [0.15, 0.2) is 0 Å². The third-order valence-corrected chi connectivity index (χ3v) is 5.63. The fraction of sp³-hybridized carbons (Fsp3) is 0.400. The van der Waals surface area contributed by atoms with Gasteiger partial charge in [-0.3, -0.25) is 4.79 Å². The van der Waals surface area contributed by atoms with E-state index in [0.29, 0.717) is 17.4 Å². The van der Waals surface area contributed by atoms with Gasteiger partial charge in [-0.2, -0.15) is 0 Å². The van der Waals surface area contributed by atoms with E-state index in [0.717, 1.165) is 42.3 Å². The average molecular weight is 356 g/mol. The zero-order valence-electron chi connectivity index (χ0n) is 14.8. The summed E-state index contributed by atoms with van der Waals surface area (Å²) in [6.07, 6.45) is 2.16. The summed E-state index contributed by atoms with van der Waals surface area (Å²) in [6.45, 7) is 3.92. The first-order chi connectivity index (χ1) is 12.2. The van der Waals surface area contributed by atoms with Crippen LogP contribution >= 0.6 is 11.8 Å². The fourth-order valence-corrected chi connectivity index (χ4v) is 3.88. The third-order valence-electron chi connectivity index (χ3n) is 4.54. The van der Waals surface area contributed by atoms with Crippen LogP contribution in [0.2, 0.25) is 0 Å². The molecule has 0 radical (unpaired) electrons. The van der Waals surface area contributed by atoms with Crippen LogP contribution in [0.4, 0.5) is 0 Å². The lowest BCUT2D eigenvalue weighted by Crippen LogP contribution is -2.38. The Morgan fingerprint density at radius 2 is 1.96 bits per heavy atom. The van der Waals surface area contributed by atoms with E-state index in [1.54, 1.807) is 18.9 Å². The summed E-state index contributed by atoms with van der Waals surface area (Å²) in [5.41, 5.74) is 1.46. The lowest BCUT2D eigenvalue weighted by molar-refractivity contribution is 0.0691. The number of aromatic nitrogens is 1. The molecule has 132 valence electrons. The summed E-state index contributed by atoms with van der Waals surface area (Å²) in [4.78, 5) is 20.3. The first kappa shape index (κ1) is 17.8. The Hall–Kier alpha value is -2.01. The highest BCUT2D eigenvalue weighted by Crippen LogP contribution is 2.30. The molecule has 1 saturated heterocycles. The number of piperidine rings is 1. The molecular weight excluding hydrogens is 332 g/mol. The highest BCUT2D eigenvalue weighted by molar-refractivity contribution is 7.98. The quantitative estimate of drug-likeness (QED) is 0.751. The van der Waals surface area contributed by atoms with Crippen LogP contribution in [0.25, 0.3) is 0 Å². The van der Waals surface area contributed by atoms with Crippen molar-refractivity contribution in [3.05, 3.63) is 53.9 Å². The predicted octanol–water partition coefficient (Wildman–Crippen LogP) is 4.25. The van der Waals surface area contributed by atoms with E-state index >= 15 is 0 Å². The van der Waals surface area contributed by atoms with Crippen LogP contribution < -0.4 is 4.74 Å². The fourth-order valence-electron chi connectivity index (χ4n) is 2.94. The van der Waals surface area contributed by atoms with Gasteiger partial charge in [-0.25, -0.2) is 4.98 Å². The van der Waals surface area contributed by atoms with Crippen LogP contribution in [-0.4, -0.2) is 36.0 Å². The Balaban J connectivity index is 1.66. The zero-order valence-corrected chi connectivity index (χ0v) is 15.6. The molecule has 0 bridgehead atoms. The maximum Gasteiger partial charge on any atom is 0.272 e. The van der Waals surface area contributed by atoms with Gasteiger partial charge in [-0.15, -0.1) is 11.8 Å². The Kier molecular flexibility index (Phi) is 5.97. The summed E-state index contributed by atoms with van der Waals surface area (Å²) < 4.78 is 5.38. The van der Waals surface area contributed by atoms with Crippen molar-refractivity contribution >= 4 is 17.7 Å². The lowest BCUT2D eigenvalue weighted by atomic mass is 9.99. The van der Waals surface area contributed by atoms with Crippen molar-refractivity contribution in [2.45, 2.75) is 30.4 Å². The molecule has 25 heavy (non-hydrogen) atoms. The second-order valence-electron chi connectivity index (χ2n) is 6.43. The first-order valence-electron chi connectivity index (χ1n) is 8.68. The molecule has 0 unspecified atom stereocenters. The van der Waals surface area contributed by atoms with Gasteiger partial charge in [0.1, 0.15) is 11.4 Å². The van der Waals surface area contributed by atoms with Gasteiger partial charge in [0.2, 0.25) is 0 Å². The van der Waals surface area contributed by atoms with Gasteiger partial charge >= 0.3 is 0 Å². The number of ether oxygens (including phenoxy) is 1. The van der Waals surface area contributed by atoms with Crippen LogP contribution in [0, 0.1) is 5.92 Å². The number of nitrogens with zero attached hydrogens (tertiary/aromatic N) is 2. The van der Waals surface area contributed by atoms with E-state index in [-0.39, 0.29) is 5.91 Å². The minimum atomic E-state index is 0.0519. The summed E-state index contributed by atoms with van der Waals surface area (Å²) >= 11 is 1.67. The topological polar surface area (TPSA) is 42.4 Å². The number of likely N-dealkylation sites (tertiary alicyclic amines) is 1. The number of carbonyl (C=O) groups is 1. The predicted molar refractivity (Wildman–Crippen MR) is 101 cm³/mol. The standard InChI is InChI=1S/C20H24N2O2S/c1-15-10-12-22(13-11-15)20(23)17-7-5-6-16(21-17)14-25-19-9-4-3-8-18(19)24-2/h3-9,15H,10-14H2,1-2H3. The molecule has 1 aromatic heterocycles. The van der Waals surface area contributed by atoms with Gasteiger partial charge in [-0.05, 0) is 43.0 Å². The molecule has 0 spiro atoms. The van der Waals surface area contributed by atoms with Crippen molar-refractivity contribution in [3.63, 3.8) is 0 Å². The van der Waals surface area contributed by atoms with Crippen molar-refractivity contribution in [2.75, 3.05) is 20.2 Å². The molecule has 0 aliphatic carbocycles. The highest BCUT2D eigenvalue weighted by Gasteiger charge is 2.22. The van der Waals surface area contributed by atoms with Crippen LogP contribution in [0.1, 0.15) is 35.9 Å². The third kappa shape index (κ3) is 4.54. The average Bonchev–Trinajstić information content (AvgIpc) is 2.67. The SMILES string of the molecule is COc1ccccc1SCc1cccc(C(=O)N2CCC(C)CC2)n1. The first-order valence-corrected chi connectivity index (χ1v) is 9.67. The van der Waals surface area contributed by atoms with E-state index in [4.69, 9.17) is 4.74 Å². The molecule has 3 rings (SSSR count). The van der Waals surface area contributed by atoms with Crippen LogP contribution in [-0.2, 0) is 5.75 Å². The Morgan fingerprint density at radius 1 is 1.20 bits per heavy atom. The molecule has 0 saturated carbocycles. The van der Waals surface area contributed by atoms with Gasteiger partial charge in [0.25, 0.3) is 5.91 Å². The summed E-state index contributed by atoms with van der Waals surface area (Å²) in [5, 5.41) is 0. The zero-order chi connectivity index (χ0) is 17.6. The van der Waals surface area contributed by atoms with Crippen LogP contribution in [0.15, 0.2) is 47.4 Å². The molecule has 1 aromatic carbocycles. The van der Waals surface area contributed by atoms with Gasteiger partial charge < -0.3 is 9.64 Å². The molecule has 1 amide bonds. The largest absolute Gasteiger partial charge is 0.496 e. The van der Waals surface area contributed by atoms with E-state index in [2.05, 4.69) is 11.9 Å². The number of amides is 1. The van der Waals surface area contributed by atoms with Crippen molar-refractivity contribution < 1.29 is 9.53 Å². The molecule has 1 fully saturated rings. The number of thioether (sulfide) groups is 1. The molecule has 1 aliphatic rings.